The van der Waals surface area contributed by atoms with Crippen molar-refractivity contribution >= 4 is 12.0 Å². The van der Waals surface area contributed by atoms with Crippen LogP contribution in [0, 0.1) is 11.3 Å². The molecule has 1 aromatic carbocycles. The predicted molar refractivity (Wildman–Crippen MR) is 109 cm³/mol. The lowest BCUT2D eigenvalue weighted by Crippen LogP contribution is -2.58. The van der Waals surface area contributed by atoms with E-state index in [9.17, 15) is 9.59 Å². The van der Waals surface area contributed by atoms with E-state index in [1.165, 1.54) is 5.56 Å². The van der Waals surface area contributed by atoms with Gasteiger partial charge in [0, 0.05) is 31.7 Å². The van der Waals surface area contributed by atoms with Crippen molar-refractivity contribution < 1.29 is 14.7 Å². The van der Waals surface area contributed by atoms with Gasteiger partial charge in [-0.2, -0.15) is 0 Å². The van der Waals surface area contributed by atoms with Gasteiger partial charge >= 0.3 is 12.0 Å². The molecule has 1 aliphatic heterocycles. The number of likely N-dealkylation sites (tertiary alicyclic amines) is 1. The van der Waals surface area contributed by atoms with Crippen LogP contribution in [0.4, 0.5) is 4.79 Å². The van der Waals surface area contributed by atoms with Gasteiger partial charge in [-0.05, 0) is 43.1 Å². The van der Waals surface area contributed by atoms with E-state index < -0.39 is 5.97 Å². The number of hydrogen-bond donors (Lipinski definition) is 3. The number of amides is 2. The number of piperidine rings is 1. The Morgan fingerprint density at radius 2 is 1.75 bits per heavy atom. The van der Waals surface area contributed by atoms with Crippen molar-refractivity contribution in [2.75, 3.05) is 13.1 Å². The first-order valence-electron chi connectivity index (χ1n) is 10.4. The Morgan fingerprint density at radius 1 is 1.07 bits per heavy atom. The molecule has 2 aliphatic rings. The molecule has 0 radical (unpaired) electrons. The van der Waals surface area contributed by atoms with E-state index in [0.717, 1.165) is 38.9 Å². The van der Waals surface area contributed by atoms with Crippen molar-refractivity contribution in [3.05, 3.63) is 35.9 Å². The minimum absolute atomic E-state index is 0.00859. The van der Waals surface area contributed by atoms with Crippen molar-refractivity contribution in [1.29, 1.82) is 0 Å². The Bertz CT molecular complexity index is 669. The zero-order valence-electron chi connectivity index (χ0n) is 17.0. The summed E-state index contributed by atoms with van der Waals surface area (Å²) >= 11 is 0. The lowest BCUT2D eigenvalue weighted by molar-refractivity contribution is -0.142. The van der Waals surface area contributed by atoms with Crippen LogP contribution in [0.3, 0.4) is 0 Å². The Labute approximate surface area is 167 Å². The van der Waals surface area contributed by atoms with E-state index in [-0.39, 0.29) is 29.4 Å². The summed E-state index contributed by atoms with van der Waals surface area (Å²) in [5.41, 5.74) is 1.31. The normalized spacial score (nSPS) is 27.7. The van der Waals surface area contributed by atoms with E-state index in [0.29, 0.717) is 12.8 Å². The molecular formula is C22H33N3O3. The quantitative estimate of drug-likeness (QED) is 0.724. The third-order valence-electron chi connectivity index (χ3n) is 6.27. The number of hydrogen-bond acceptors (Lipinski definition) is 3. The fourth-order valence-electron chi connectivity index (χ4n) is 4.58. The van der Waals surface area contributed by atoms with Gasteiger partial charge in [0.05, 0.1) is 5.92 Å². The zero-order valence-corrected chi connectivity index (χ0v) is 17.0. The van der Waals surface area contributed by atoms with Crippen LogP contribution in [0.1, 0.15) is 51.5 Å². The second-order valence-electron chi connectivity index (χ2n) is 9.03. The molecule has 1 saturated heterocycles. The zero-order chi connectivity index (χ0) is 20.1. The molecular weight excluding hydrogens is 354 g/mol. The van der Waals surface area contributed by atoms with E-state index in [1.807, 2.05) is 6.07 Å². The van der Waals surface area contributed by atoms with E-state index >= 15 is 0 Å². The maximum atomic E-state index is 12.5. The van der Waals surface area contributed by atoms with Crippen LogP contribution in [0.15, 0.2) is 30.3 Å². The first-order chi connectivity index (χ1) is 13.3. The Balaban J connectivity index is 1.45. The van der Waals surface area contributed by atoms with Gasteiger partial charge in [-0.3, -0.25) is 9.69 Å². The molecule has 1 aliphatic carbocycles. The van der Waals surface area contributed by atoms with Crippen LogP contribution in [0.25, 0.3) is 0 Å². The third-order valence-corrected chi connectivity index (χ3v) is 6.27. The molecule has 1 heterocycles. The van der Waals surface area contributed by atoms with Crippen LogP contribution in [-0.4, -0.2) is 47.2 Å². The van der Waals surface area contributed by atoms with Crippen molar-refractivity contribution in [1.82, 2.24) is 15.5 Å². The highest BCUT2D eigenvalue weighted by Gasteiger charge is 2.37. The van der Waals surface area contributed by atoms with Gasteiger partial charge in [0.1, 0.15) is 0 Å². The minimum atomic E-state index is -0.716. The summed E-state index contributed by atoms with van der Waals surface area (Å²) in [7, 11) is 0. The van der Waals surface area contributed by atoms with Crippen molar-refractivity contribution in [3.8, 4) is 0 Å². The number of benzene rings is 1. The number of nitrogens with zero attached hydrogens (tertiary/aromatic N) is 1. The number of rotatable bonds is 5. The predicted octanol–water partition coefficient (Wildman–Crippen LogP) is 3.23. The maximum Gasteiger partial charge on any atom is 0.315 e. The summed E-state index contributed by atoms with van der Waals surface area (Å²) in [6.07, 6.45) is 3.69. The molecule has 154 valence electrons. The van der Waals surface area contributed by atoms with Gasteiger partial charge in [0.15, 0.2) is 0 Å². The van der Waals surface area contributed by atoms with Crippen LogP contribution >= 0.6 is 0 Å². The molecule has 6 heteroatoms. The van der Waals surface area contributed by atoms with Crippen molar-refractivity contribution in [2.45, 2.75) is 64.6 Å². The monoisotopic (exact) mass is 387 g/mol. The standard InChI is InChI=1S/C22H33N3O3/c1-22(2)15-25(14-16-6-4-3-5-7-16)13-12-19(22)24-21(28)23-18-10-8-17(9-11-18)20(26)27/h3-7,17-19H,8-15H2,1-2H3,(H,26,27)(H2,23,24,28). The smallest absolute Gasteiger partial charge is 0.315 e. The van der Waals surface area contributed by atoms with Gasteiger partial charge in [-0.15, -0.1) is 0 Å². The largest absolute Gasteiger partial charge is 0.481 e. The van der Waals surface area contributed by atoms with E-state index in [4.69, 9.17) is 5.11 Å². The number of urea groups is 1. The average molecular weight is 388 g/mol. The van der Waals surface area contributed by atoms with Crippen LogP contribution in [-0.2, 0) is 11.3 Å². The Kier molecular flexibility index (Phi) is 6.60. The highest BCUT2D eigenvalue weighted by Crippen LogP contribution is 2.30. The summed E-state index contributed by atoms with van der Waals surface area (Å²) in [5, 5.41) is 15.3. The molecule has 1 unspecified atom stereocenters. The molecule has 3 rings (SSSR count). The molecule has 1 saturated carbocycles. The van der Waals surface area contributed by atoms with Gasteiger partial charge in [-0.25, -0.2) is 4.79 Å². The van der Waals surface area contributed by atoms with Gasteiger partial charge < -0.3 is 15.7 Å². The number of aliphatic carboxylic acids is 1. The highest BCUT2D eigenvalue weighted by molar-refractivity contribution is 5.75. The minimum Gasteiger partial charge on any atom is -0.481 e. The topological polar surface area (TPSA) is 81.7 Å². The number of carboxylic acids is 1. The SMILES string of the molecule is CC1(C)CN(Cc2ccccc2)CCC1NC(=O)NC1CCC(C(=O)O)CC1. The summed E-state index contributed by atoms with van der Waals surface area (Å²) < 4.78 is 0. The molecule has 0 bridgehead atoms. The van der Waals surface area contributed by atoms with Crippen LogP contribution in [0.2, 0.25) is 0 Å². The van der Waals surface area contributed by atoms with Crippen LogP contribution < -0.4 is 10.6 Å². The maximum absolute atomic E-state index is 12.5. The average Bonchev–Trinajstić information content (AvgIpc) is 2.65. The molecule has 0 spiro atoms. The molecule has 6 nitrogen and oxygen atoms in total. The number of carboxylic acid groups (broad SMARTS) is 1. The number of nitrogens with one attached hydrogen (secondary N) is 2. The molecule has 1 atom stereocenters. The first-order valence-corrected chi connectivity index (χ1v) is 10.4. The second-order valence-corrected chi connectivity index (χ2v) is 9.03. The summed E-state index contributed by atoms with van der Waals surface area (Å²) in [6.45, 7) is 7.28. The van der Waals surface area contributed by atoms with Crippen LogP contribution in [0.5, 0.6) is 0 Å². The second kappa shape index (κ2) is 8.95. The molecule has 28 heavy (non-hydrogen) atoms. The molecule has 1 aromatic rings. The summed E-state index contributed by atoms with van der Waals surface area (Å²) in [4.78, 5) is 26.0. The fraction of sp³-hybridized carbons (Fsp3) is 0.636. The lowest BCUT2D eigenvalue weighted by atomic mass is 9.79. The summed E-state index contributed by atoms with van der Waals surface area (Å²) in [5.74, 6) is -0.971. The fourth-order valence-corrected chi connectivity index (χ4v) is 4.58. The van der Waals surface area contributed by atoms with Crippen molar-refractivity contribution in [3.63, 3.8) is 0 Å². The first kappa shape index (κ1) is 20.6. The van der Waals surface area contributed by atoms with Gasteiger partial charge in [0.25, 0.3) is 0 Å². The lowest BCUT2D eigenvalue weighted by Gasteiger charge is -2.44. The number of carbonyl (C=O) groups is 2. The summed E-state index contributed by atoms with van der Waals surface area (Å²) in [6, 6.07) is 10.6. The molecule has 2 amide bonds. The molecule has 3 N–H and O–H groups in total. The van der Waals surface area contributed by atoms with E-state index in [1.54, 1.807) is 0 Å². The Hall–Kier alpha value is -2.08. The Morgan fingerprint density at radius 3 is 2.36 bits per heavy atom. The van der Waals surface area contributed by atoms with Crippen molar-refractivity contribution in [2.24, 2.45) is 11.3 Å². The van der Waals surface area contributed by atoms with E-state index in [2.05, 4.69) is 53.6 Å². The van der Waals surface area contributed by atoms with Gasteiger partial charge in [-0.1, -0.05) is 44.2 Å². The number of carbonyl (C=O) groups excluding carboxylic acids is 1. The highest BCUT2D eigenvalue weighted by atomic mass is 16.4. The molecule has 2 fully saturated rings. The third kappa shape index (κ3) is 5.47. The van der Waals surface area contributed by atoms with Gasteiger partial charge in [0.2, 0.25) is 0 Å². The molecule has 0 aromatic heterocycles.